The van der Waals surface area contributed by atoms with Gasteiger partial charge in [-0.05, 0) is 41.2 Å². The van der Waals surface area contributed by atoms with Crippen molar-refractivity contribution < 1.29 is 13.7 Å². The fourth-order valence-corrected chi connectivity index (χ4v) is 5.39. The lowest BCUT2D eigenvalue weighted by Crippen LogP contribution is -2.38. The van der Waals surface area contributed by atoms with Crippen molar-refractivity contribution >= 4 is 28.6 Å². The maximum absolute atomic E-state index is 13.7. The van der Waals surface area contributed by atoms with Crippen molar-refractivity contribution in [1.82, 2.24) is 20.0 Å². The Balaban J connectivity index is 1.33. The number of nitrogens with one attached hydrogen (secondary N) is 1. The third kappa shape index (κ3) is 6.35. The van der Waals surface area contributed by atoms with Crippen LogP contribution in [0.1, 0.15) is 44.1 Å². The number of rotatable bonds is 5. The molecule has 1 aliphatic rings. The number of anilines is 2. The molecule has 2 aromatic heterocycles. The smallest absolute Gasteiger partial charge is 0.321 e. The van der Waals surface area contributed by atoms with Gasteiger partial charge < -0.3 is 19.6 Å². The standard InChI is InChI=1S/C34H35FN6O2/c1-34(2,3)25-15-13-24(14-16-25)30-29-31(37-28(38-32(29)43-39-30)21-23-9-5-4-6-10-23)40-17-8-18-41(20-19-40)33(42)36-27-12-7-11-26(35)22-27/h4-7,9-16,22H,8,17-21H2,1-3H3,(H,36,42). The van der Waals surface area contributed by atoms with E-state index in [-0.39, 0.29) is 11.4 Å². The van der Waals surface area contributed by atoms with E-state index in [1.807, 2.05) is 18.2 Å². The van der Waals surface area contributed by atoms with Crippen LogP contribution in [0.5, 0.6) is 0 Å². The molecule has 0 atom stereocenters. The van der Waals surface area contributed by atoms with Crippen LogP contribution in [-0.2, 0) is 11.8 Å². The van der Waals surface area contributed by atoms with Gasteiger partial charge in [-0.1, -0.05) is 86.6 Å². The van der Waals surface area contributed by atoms with Crippen LogP contribution in [0.25, 0.3) is 22.4 Å². The number of carbonyl (C=O) groups excluding carboxylic acids is 1. The second-order valence-electron chi connectivity index (χ2n) is 11.9. The van der Waals surface area contributed by atoms with Crippen molar-refractivity contribution in [3.8, 4) is 11.3 Å². The normalized spacial score (nSPS) is 14.1. The third-order valence-corrected chi connectivity index (χ3v) is 7.75. The van der Waals surface area contributed by atoms with E-state index in [9.17, 15) is 9.18 Å². The predicted octanol–water partition coefficient (Wildman–Crippen LogP) is 7.06. The Kier molecular flexibility index (Phi) is 7.80. The SMILES string of the molecule is CC(C)(C)c1ccc(-c2noc3nc(Cc4ccccc4)nc(N4CCCN(C(=O)Nc5cccc(F)c5)CC4)c23)cc1. The van der Waals surface area contributed by atoms with E-state index in [0.29, 0.717) is 55.5 Å². The number of carbonyl (C=O) groups is 1. The average Bonchev–Trinajstić information content (AvgIpc) is 3.25. The first-order chi connectivity index (χ1) is 20.7. The van der Waals surface area contributed by atoms with Gasteiger partial charge in [0.25, 0.3) is 5.71 Å². The molecule has 3 aromatic carbocycles. The second kappa shape index (κ2) is 11.8. The summed E-state index contributed by atoms with van der Waals surface area (Å²) in [7, 11) is 0. The van der Waals surface area contributed by atoms with Gasteiger partial charge in [-0.25, -0.2) is 14.2 Å². The van der Waals surface area contributed by atoms with Gasteiger partial charge in [0.1, 0.15) is 28.5 Å². The van der Waals surface area contributed by atoms with Crippen LogP contribution in [0, 0.1) is 5.82 Å². The molecule has 0 bridgehead atoms. The van der Waals surface area contributed by atoms with Gasteiger partial charge >= 0.3 is 6.03 Å². The lowest BCUT2D eigenvalue weighted by molar-refractivity contribution is 0.215. The Morgan fingerprint density at radius 3 is 2.47 bits per heavy atom. The first-order valence-electron chi connectivity index (χ1n) is 14.6. The van der Waals surface area contributed by atoms with Crippen molar-refractivity contribution in [3.05, 3.63) is 102 Å². The van der Waals surface area contributed by atoms with Gasteiger partial charge in [0, 0.05) is 43.9 Å². The average molecular weight is 579 g/mol. The molecule has 0 saturated carbocycles. The van der Waals surface area contributed by atoms with E-state index in [1.54, 1.807) is 17.0 Å². The summed E-state index contributed by atoms with van der Waals surface area (Å²) >= 11 is 0. The first kappa shape index (κ1) is 28.3. The maximum atomic E-state index is 13.7. The largest absolute Gasteiger partial charge is 0.354 e. The number of aromatic nitrogens is 3. The van der Waals surface area contributed by atoms with Gasteiger partial charge in [-0.15, -0.1) is 0 Å². The van der Waals surface area contributed by atoms with E-state index in [2.05, 4.69) is 72.5 Å². The molecule has 9 heteroatoms. The molecule has 1 aliphatic heterocycles. The van der Waals surface area contributed by atoms with Gasteiger partial charge in [0.2, 0.25) is 0 Å². The number of hydrogen-bond acceptors (Lipinski definition) is 6. The highest BCUT2D eigenvalue weighted by Crippen LogP contribution is 2.35. The van der Waals surface area contributed by atoms with Crippen molar-refractivity contribution in [2.45, 2.75) is 39.0 Å². The molecular weight excluding hydrogens is 543 g/mol. The minimum atomic E-state index is -0.392. The molecule has 2 amide bonds. The minimum Gasteiger partial charge on any atom is -0.354 e. The van der Waals surface area contributed by atoms with Crippen LogP contribution in [0.15, 0.2) is 83.4 Å². The molecule has 0 aliphatic carbocycles. The van der Waals surface area contributed by atoms with Gasteiger partial charge in [-0.2, -0.15) is 4.98 Å². The summed E-state index contributed by atoms with van der Waals surface area (Å²) < 4.78 is 19.5. The Bertz CT molecular complexity index is 1730. The molecule has 1 N–H and O–H groups in total. The Hall–Kier alpha value is -4.79. The highest BCUT2D eigenvalue weighted by Gasteiger charge is 2.26. The van der Waals surface area contributed by atoms with E-state index in [4.69, 9.17) is 14.5 Å². The van der Waals surface area contributed by atoms with Gasteiger partial charge in [-0.3, -0.25) is 0 Å². The number of benzene rings is 3. The number of nitrogens with zero attached hydrogens (tertiary/aromatic N) is 5. The summed E-state index contributed by atoms with van der Waals surface area (Å²) in [6.45, 7) is 8.85. The first-order valence-corrected chi connectivity index (χ1v) is 14.6. The van der Waals surface area contributed by atoms with E-state index in [1.165, 1.54) is 17.7 Å². The summed E-state index contributed by atoms with van der Waals surface area (Å²) in [4.78, 5) is 26.9. The highest BCUT2D eigenvalue weighted by atomic mass is 19.1. The Labute approximate surface area is 250 Å². The molecule has 5 aromatic rings. The van der Waals surface area contributed by atoms with E-state index in [0.717, 1.165) is 28.8 Å². The second-order valence-corrected chi connectivity index (χ2v) is 11.9. The molecule has 0 radical (unpaired) electrons. The monoisotopic (exact) mass is 578 g/mol. The quantitative estimate of drug-likeness (QED) is 0.240. The van der Waals surface area contributed by atoms with Gasteiger partial charge in [0.15, 0.2) is 0 Å². The zero-order chi connectivity index (χ0) is 30.0. The van der Waals surface area contributed by atoms with Crippen molar-refractivity contribution in [3.63, 3.8) is 0 Å². The van der Waals surface area contributed by atoms with Crippen LogP contribution in [0.4, 0.5) is 20.7 Å². The Morgan fingerprint density at radius 2 is 1.72 bits per heavy atom. The molecule has 8 nitrogen and oxygen atoms in total. The number of urea groups is 1. The summed E-state index contributed by atoms with van der Waals surface area (Å²) in [6, 6.07) is 24.2. The third-order valence-electron chi connectivity index (χ3n) is 7.75. The molecule has 1 saturated heterocycles. The molecule has 0 unspecified atom stereocenters. The molecule has 0 spiro atoms. The van der Waals surface area contributed by atoms with Crippen LogP contribution in [-0.4, -0.2) is 52.2 Å². The number of hydrogen-bond donors (Lipinski definition) is 1. The summed E-state index contributed by atoms with van der Waals surface area (Å²) in [5, 5.41) is 8.05. The van der Waals surface area contributed by atoms with E-state index >= 15 is 0 Å². The molecule has 6 rings (SSSR count). The molecular formula is C34H35FN6O2. The summed E-state index contributed by atoms with van der Waals surface area (Å²) in [5.41, 5.74) is 4.86. The van der Waals surface area contributed by atoms with Crippen LogP contribution >= 0.6 is 0 Å². The maximum Gasteiger partial charge on any atom is 0.321 e. The number of amides is 2. The lowest BCUT2D eigenvalue weighted by atomic mass is 9.86. The van der Waals surface area contributed by atoms with Crippen molar-refractivity contribution in [1.29, 1.82) is 0 Å². The summed E-state index contributed by atoms with van der Waals surface area (Å²) in [6.07, 6.45) is 1.28. The lowest BCUT2D eigenvalue weighted by Gasteiger charge is -2.24. The van der Waals surface area contributed by atoms with Crippen molar-refractivity contribution in [2.24, 2.45) is 0 Å². The molecule has 1 fully saturated rings. The number of halogens is 1. The Morgan fingerprint density at radius 1 is 0.930 bits per heavy atom. The minimum absolute atomic E-state index is 0.0317. The molecule has 43 heavy (non-hydrogen) atoms. The number of fused-ring (bicyclic) bond motifs is 1. The van der Waals surface area contributed by atoms with E-state index < -0.39 is 5.82 Å². The van der Waals surface area contributed by atoms with Crippen LogP contribution in [0.2, 0.25) is 0 Å². The van der Waals surface area contributed by atoms with Crippen LogP contribution < -0.4 is 10.2 Å². The zero-order valence-electron chi connectivity index (χ0n) is 24.7. The predicted molar refractivity (Wildman–Crippen MR) is 167 cm³/mol. The van der Waals surface area contributed by atoms with Crippen LogP contribution in [0.3, 0.4) is 0 Å². The topological polar surface area (TPSA) is 87.4 Å². The van der Waals surface area contributed by atoms with Crippen molar-refractivity contribution in [2.75, 3.05) is 36.4 Å². The van der Waals surface area contributed by atoms with Gasteiger partial charge in [0.05, 0.1) is 0 Å². The fraction of sp³-hybridized carbons (Fsp3) is 0.294. The molecule has 3 heterocycles. The highest BCUT2D eigenvalue weighted by molar-refractivity contribution is 5.98. The summed E-state index contributed by atoms with van der Waals surface area (Å²) in [5.74, 6) is 1.00. The molecule has 220 valence electrons. The zero-order valence-corrected chi connectivity index (χ0v) is 24.7. The fourth-order valence-electron chi connectivity index (χ4n) is 5.39.